The van der Waals surface area contributed by atoms with Gasteiger partial charge in [-0.15, -0.1) is 0 Å². The summed E-state index contributed by atoms with van der Waals surface area (Å²) in [6.45, 7) is 0.188. The van der Waals surface area contributed by atoms with E-state index in [1.54, 1.807) is 36.4 Å². The Hall–Kier alpha value is -4.64. The molecule has 0 spiro atoms. The zero-order valence-electron chi connectivity index (χ0n) is 23.3. The van der Waals surface area contributed by atoms with Crippen LogP contribution in [0.2, 0.25) is 0 Å². The molecule has 2 heterocycles. The highest BCUT2D eigenvalue weighted by Gasteiger charge is 2.53. The molecule has 3 aromatic rings. The zero-order chi connectivity index (χ0) is 29.5. The van der Waals surface area contributed by atoms with Crippen LogP contribution in [0.5, 0.6) is 34.5 Å². The van der Waals surface area contributed by atoms with Crippen molar-refractivity contribution in [1.82, 2.24) is 5.32 Å². The van der Waals surface area contributed by atoms with E-state index in [0.29, 0.717) is 17.1 Å². The van der Waals surface area contributed by atoms with Crippen LogP contribution in [0.25, 0.3) is 0 Å². The SMILES string of the molecule is COC(=O)C(Cc1ccc(O)cc1)N[C@@H]1c2cc3c(cc2[C@@H](c2cc(OC)c(O)c(OC)c2)[C@H]2C(=O)OC[C@@H]21)OCO3. The number of hydrogen-bond donors (Lipinski definition) is 3. The summed E-state index contributed by atoms with van der Waals surface area (Å²) in [5.41, 5.74) is 3.09. The molecule has 1 unspecified atom stereocenters. The predicted molar refractivity (Wildman–Crippen MR) is 147 cm³/mol. The second kappa shape index (κ2) is 11.0. The highest BCUT2D eigenvalue weighted by atomic mass is 16.7. The minimum atomic E-state index is -0.774. The molecule has 0 bridgehead atoms. The fourth-order valence-electron chi connectivity index (χ4n) is 6.31. The van der Waals surface area contributed by atoms with Crippen molar-refractivity contribution in [1.29, 1.82) is 0 Å². The summed E-state index contributed by atoms with van der Waals surface area (Å²) < 4.78 is 33.1. The second-order valence-corrected chi connectivity index (χ2v) is 10.5. The standard InChI is InChI=1S/C31H31NO10/c1-37-24-9-16(10-25(38-2)29(24)34)26-18-11-22-23(42-14-41-22)12-19(18)28(20-13-40-31(36)27(20)26)32-21(30(35)39-3)8-15-4-6-17(33)7-5-15/h4-7,9-12,20-21,26-28,32-34H,8,13-14H2,1-3H3/t20-,21?,26+,27-,28+/m0/s1. The third-order valence-electron chi connectivity index (χ3n) is 8.29. The van der Waals surface area contributed by atoms with E-state index in [4.69, 9.17) is 28.4 Å². The van der Waals surface area contributed by atoms with Crippen molar-refractivity contribution in [2.45, 2.75) is 24.4 Å². The fourth-order valence-corrected chi connectivity index (χ4v) is 6.31. The van der Waals surface area contributed by atoms with Crippen LogP contribution in [0.4, 0.5) is 0 Å². The summed E-state index contributed by atoms with van der Waals surface area (Å²) in [5, 5.41) is 23.8. The summed E-state index contributed by atoms with van der Waals surface area (Å²) in [7, 11) is 4.21. The number of nitrogens with one attached hydrogen (secondary N) is 1. The summed E-state index contributed by atoms with van der Waals surface area (Å²) >= 11 is 0. The van der Waals surface area contributed by atoms with E-state index in [2.05, 4.69) is 5.32 Å². The topological polar surface area (TPSA) is 142 Å². The number of benzene rings is 3. The Morgan fingerprint density at radius 1 is 0.952 bits per heavy atom. The van der Waals surface area contributed by atoms with Gasteiger partial charge < -0.3 is 38.6 Å². The highest BCUT2D eigenvalue weighted by molar-refractivity contribution is 5.80. The van der Waals surface area contributed by atoms with Crippen molar-refractivity contribution < 1.29 is 48.2 Å². The van der Waals surface area contributed by atoms with E-state index in [0.717, 1.165) is 16.7 Å². The Morgan fingerprint density at radius 3 is 2.21 bits per heavy atom. The first kappa shape index (κ1) is 27.5. The highest BCUT2D eigenvalue weighted by Crippen LogP contribution is 2.55. The number of esters is 2. The number of carbonyl (C=O) groups excluding carboxylic acids is 2. The Morgan fingerprint density at radius 2 is 1.60 bits per heavy atom. The molecule has 0 saturated carbocycles. The maximum atomic E-state index is 13.4. The molecule has 1 aliphatic carbocycles. The lowest BCUT2D eigenvalue weighted by Crippen LogP contribution is -2.48. The number of aromatic hydroxyl groups is 2. The number of phenolic OH excluding ortho intramolecular Hbond substituents is 2. The number of ether oxygens (including phenoxy) is 6. The van der Waals surface area contributed by atoms with Gasteiger partial charge in [-0.25, -0.2) is 0 Å². The van der Waals surface area contributed by atoms with Crippen molar-refractivity contribution in [3.8, 4) is 34.5 Å². The third kappa shape index (κ3) is 4.69. The largest absolute Gasteiger partial charge is 0.508 e. The molecule has 0 radical (unpaired) electrons. The Balaban J connectivity index is 1.48. The average Bonchev–Trinajstić information content (AvgIpc) is 3.62. The number of phenols is 2. The molecule has 1 saturated heterocycles. The van der Waals surface area contributed by atoms with Crippen molar-refractivity contribution in [2.24, 2.45) is 11.8 Å². The summed E-state index contributed by atoms with van der Waals surface area (Å²) in [6, 6.07) is 12.5. The Labute approximate surface area is 241 Å². The maximum absolute atomic E-state index is 13.4. The van der Waals surface area contributed by atoms with Crippen molar-refractivity contribution in [2.75, 3.05) is 34.7 Å². The molecule has 11 heteroatoms. The molecule has 3 N–H and O–H groups in total. The van der Waals surface area contributed by atoms with E-state index in [1.807, 2.05) is 12.1 Å². The summed E-state index contributed by atoms with van der Waals surface area (Å²) in [6.07, 6.45) is 0.283. The third-order valence-corrected chi connectivity index (χ3v) is 8.29. The molecule has 0 aromatic heterocycles. The molecular weight excluding hydrogens is 546 g/mol. The van der Waals surface area contributed by atoms with Crippen molar-refractivity contribution >= 4 is 11.9 Å². The van der Waals surface area contributed by atoms with E-state index in [1.165, 1.54) is 21.3 Å². The molecule has 3 aliphatic rings. The Bertz CT molecular complexity index is 1500. The van der Waals surface area contributed by atoms with Crippen LogP contribution in [-0.2, 0) is 25.5 Å². The van der Waals surface area contributed by atoms with Gasteiger partial charge in [0.1, 0.15) is 11.8 Å². The first-order valence-electron chi connectivity index (χ1n) is 13.5. The zero-order valence-corrected chi connectivity index (χ0v) is 23.3. The molecular formula is C31H31NO10. The number of hydrogen-bond acceptors (Lipinski definition) is 11. The van der Waals surface area contributed by atoms with E-state index < -0.39 is 29.9 Å². The summed E-state index contributed by atoms with van der Waals surface area (Å²) in [4.78, 5) is 26.5. The van der Waals surface area contributed by atoms with Gasteiger partial charge in [0.05, 0.1) is 33.9 Å². The molecule has 220 valence electrons. The molecule has 5 atom stereocenters. The molecule has 42 heavy (non-hydrogen) atoms. The second-order valence-electron chi connectivity index (χ2n) is 10.5. The normalized spacial score (nSPS) is 22.5. The molecule has 2 aliphatic heterocycles. The number of methoxy groups -OCH3 is 3. The predicted octanol–water partition coefficient (Wildman–Crippen LogP) is 3.19. The molecule has 6 rings (SSSR count). The van der Waals surface area contributed by atoms with Gasteiger partial charge in [-0.1, -0.05) is 12.1 Å². The van der Waals surface area contributed by atoms with Gasteiger partial charge in [-0.05, 0) is 65.1 Å². The van der Waals surface area contributed by atoms with Gasteiger partial charge in [-0.3, -0.25) is 14.9 Å². The van der Waals surface area contributed by atoms with E-state index in [-0.39, 0.29) is 54.7 Å². The molecule has 3 aromatic carbocycles. The number of carbonyl (C=O) groups is 2. The van der Waals surface area contributed by atoms with Gasteiger partial charge >= 0.3 is 11.9 Å². The van der Waals surface area contributed by atoms with Crippen LogP contribution in [0.15, 0.2) is 48.5 Å². The number of cyclic esters (lactones) is 1. The summed E-state index contributed by atoms with van der Waals surface area (Å²) in [5.74, 6) is -0.891. The van der Waals surface area contributed by atoms with Crippen LogP contribution in [0, 0.1) is 11.8 Å². The number of rotatable bonds is 8. The first-order valence-corrected chi connectivity index (χ1v) is 13.5. The van der Waals surface area contributed by atoms with Gasteiger partial charge in [0, 0.05) is 17.9 Å². The minimum absolute atomic E-state index is 0.0579. The smallest absolute Gasteiger partial charge is 0.323 e. The molecule has 11 nitrogen and oxygen atoms in total. The minimum Gasteiger partial charge on any atom is -0.508 e. The van der Waals surface area contributed by atoms with E-state index >= 15 is 0 Å². The monoisotopic (exact) mass is 577 g/mol. The maximum Gasteiger partial charge on any atom is 0.323 e. The van der Waals surface area contributed by atoms with E-state index in [9.17, 15) is 19.8 Å². The molecule has 0 amide bonds. The lowest BCUT2D eigenvalue weighted by Gasteiger charge is -2.40. The van der Waals surface area contributed by atoms with Gasteiger partial charge in [0.15, 0.2) is 23.0 Å². The Kier molecular flexibility index (Phi) is 7.19. The van der Waals surface area contributed by atoms with Crippen molar-refractivity contribution in [3.05, 3.63) is 70.8 Å². The van der Waals surface area contributed by atoms with Crippen LogP contribution >= 0.6 is 0 Å². The van der Waals surface area contributed by atoms with Crippen LogP contribution in [0.3, 0.4) is 0 Å². The van der Waals surface area contributed by atoms with Gasteiger partial charge in [0.2, 0.25) is 12.5 Å². The van der Waals surface area contributed by atoms with Crippen LogP contribution < -0.4 is 24.3 Å². The molecule has 1 fully saturated rings. The lowest BCUT2D eigenvalue weighted by atomic mass is 9.65. The van der Waals surface area contributed by atoms with Crippen LogP contribution in [0.1, 0.15) is 34.2 Å². The first-order chi connectivity index (χ1) is 20.3. The quantitative estimate of drug-likeness (QED) is 0.340. The number of fused-ring (bicyclic) bond motifs is 3. The van der Waals surface area contributed by atoms with Crippen molar-refractivity contribution in [3.63, 3.8) is 0 Å². The van der Waals surface area contributed by atoms with Gasteiger partial charge in [-0.2, -0.15) is 0 Å². The van der Waals surface area contributed by atoms with Gasteiger partial charge in [0.25, 0.3) is 0 Å². The fraction of sp³-hybridized carbons (Fsp3) is 0.355. The lowest BCUT2D eigenvalue weighted by molar-refractivity contribution is -0.143. The van der Waals surface area contributed by atoms with Crippen LogP contribution in [-0.4, -0.2) is 62.9 Å². The average molecular weight is 578 g/mol.